The summed E-state index contributed by atoms with van der Waals surface area (Å²) in [5.74, 6) is 1.32. The first-order chi connectivity index (χ1) is 6.24. The van der Waals surface area contributed by atoms with E-state index in [0.29, 0.717) is 5.92 Å². The van der Waals surface area contributed by atoms with Crippen molar-refractivity contribution in [2.75, 3.05) is 11.9 Å². The molecule has 0 saturated carbocycles. The van der Waals surface area contributed by atoms with Crippen molar-refractivity contribution in [2.24, 2.45) is 0 Å². The molecule has 3 heteroatoms. The van der Waals surface area contributed by atoms with E-state index in [9.17, 15) is 0 Å². The maximum atomic E-state index is 4.12. The van der Waals surface area contributed by atoms with Crippen LogP contribution in [0.3, 0.4) is 0 Å². The van der Waals surface area contributed by atoms with Gasteiger partial charge in [0.2, 0.25) is 0 Å². The first kappa shape index (κ1) is 9.96. The number of rotatable bonds is 4. The number of nitrogens with one attached hydrogen (secondary N) is 1. The zero-order valence-corrected chi connectivity index (χ0v) is 8.54. The van der Waals surface area contributed by atoms with E-state index in [1.807, 2.05) is 12.1 Å². The van der Waals surface area contributed by atoms with Crippen LogP contribution in [0.25, 0.3) is 0 Å². The van der Waals surface area contributed by atoms with Crippen LogP contribution >= 0.6 is 0 Å². The third-order valence-electron chi connectivity index (χ3n) is 1.83. The fourth-order valence-corrected chi connectivity index (χ4v) is 0.998. The maximum absolute atomic E-state index is 4.12. The van der Waals surface area contributed by atoms with Crippen LogP contribution in [0, 0.1) is 0 Å². The van der Waals surface area contributed by atoms with Crippen molar-refractivity contribution in [3.8, 4) is 0 Å². The minimum Gasteiger partial charge on any atom is -0.369 e. The highest BCUT2D eigenvalue weighted by Crippen LogP contribution is 2.11. The Labute approximate surface area is 79.6 Å². The van der Waals surface area contributed by atoms with E-state index in [1.165, 1.54) is 0 Å². The lowest BCUT2D eigenvalue weighted by Crippen LogP contribution is -2.04. The summed E-state index contributed by atoms with van der Waals surface area (Å²) in [5.41, 5.74) is 1.04. The number of nitrogens with zero attached hydrogens (tertiary/aromatic N) is 2. The first-order valence-corrected chi connectivity index (χ1v) is 4.81. The lowest BCUT2D eigenvalue weighted by atomic mass is 10.1. The van der Waals surface area contributed by atoms with Crippen molar-refractivity contribution >= 4 is 5.82 Å². The van der Waals surface area contributed by atoms with Gasteiger partial charge in [0.05, 0.1) is 5.69 Å². The summed E-state index contributed by atoms with van der Waals surface area (Å²) in [6.45, 7) is 7.31. The maximum Gasteiger partial charge on any atom is 0.148 e. The summed E-state index contributed by atoms with van der Waals surface area (Å²) < 4.78 is 0. The van der Waals surface area contributed by atoms with Crippen LogP contribution < -0.4 is 5.32 Å². The van der Waals surface area contributed by atoms with Crippen LogP contribution in [0.4, 0.5) is 5.82 Å². The Bertz CT molecular complexity index is 241. The molecule has 3 nitrogen and oxygen atoms in total. The Morgan fingerprint density at radius 3 is 2.54 bits per heavy atom. The fourth-order valence-electron chi connectivity index (χ4n) is 0.998. The molecule has 0 radical (unpaired) electrons. The van der Waals surface area contributed by atoms with Crippen LogP contribution in [0.15, 0.2) is 12.1 Å². The molecule has 1 aromatic heterocycles. The van der Waals surface area contributed by atoms with E-state index in [4.69, 9.17) is 0 Å². The third-order valence-corrected chi connectivity index (χ3v) is 1.83. The van der Waals surface area contributed by atoms with Gasteiger partial charge in [-0.2, -0.15) is 5.10 Å². The quantitative estimate of drug-likeness (QED) is 0.771. The van der Waals surface area contributed by atoms with Crippen molar-refractivity contribution in [1.82, 2.24) is 10.2 Å². The van der Waals surface area contributed by atoms with Crippen LogP contribution in [0.2, 0.25) is 0 Å². The van der Waals surface area contributed by atoms with Crippen molar-refractivity contribution in [2.45, 2.75) is 33.1 Å². The lowest BCUT2D eigenvalue weighted by Gasteiger charge is -2.05. The Hall–Kier alpha value is -1.12. The van der Waals surface area contributed by atoms with E-state index in [2.05, 4.69) is 36.3 Å². The highest BCUT2D eigenvalue weighted by molar-refractivity contribution is 5.33. The molecule has 1 N–H and O–H groups in total. The van der Waals surface area contributed by atoms with Crippen molar-refractivity contribution in [3.05, 3.63) is 17.8 Å². The molecule has 0 saturated heterocycles. The normalized spacial score (nSPS) is 10.5. The van der Waals surface area contributed by atoms with Crippen molar-refractivity contribution < 1.29 is 0 Å². The van der Waals surface area contributed by atoms with Gasteiger partial charge in [-0.25, -0.2) is 0 Å². The summed E-state index contributed by atoms with van der Waals surface area (Å²) in [6.07, 6.45) is 1.10. The SMILES string of the molecule is CCCNc1ccc(C(C)C)nn1. The van der Waals surface area contributed by atoms with E-state index >= 15 is 0 Å². The Morgan fingerprint density at radius 1 is 1.31 bits per heavy atom. The Balaban J connectivity index is 2.59. The van der Waals surface area contributed by atoms with Gasteiger partial charge in [0.25, 0.3) is 0 Å². The molecule has 0 aliphatic carbocycles. The van der Waals surface area contributed by atoms with E-state index in [-0.39, 0.29) is 0 Å². The largest absolute Gasteiger partial charge is 0.369 e. The molecule has 13 heavy (non-hydrogen) atoms. The number of hydrogen-bond donors (Lipinski definition) is 1. The molecule has 0 amide bonds. The molecule has 0 aliphatic rings. The second kappa shape index (κ2) is 4.80. The monoisotopic (exact) mass is 179 g/mol. The summed E-state index contributed by atoms with van der Waals surface area (Å²) in [4.78, 5) is 0. The second-order valence-electron chi connectivity index (χ2n) is 3.42. The molecule has 72 valence electrons. The van der Waals surface area contributed by atoms with E-state index in [0.717, 1.165) is 24.5 Å². The highest BCUT2D eigenvalue weighted by Gasteiger charge is 2.00. The number of aromatic nitrogens is 2. The molecule has 1 aromatic rings. The van der Waals surface area contributed by atoms with Gasteiger partial charge in [-0.05, 0) is 24.5 Å². The second-order valence-corrected chi connectivity index (χ2v) is 3.42. The summed E-state index contributed by atoms with van der Waals surface area (Å²) >= 11 is 0. The summed E-state index contributed by atoms with van der Waals surface area (Å²) in [7, 11) is 0. The number of hydrogen-bond acceptors (Lipinski definition) is 3. The molecule has 0 fully saturated rings. The molecule has 0 unspecified atom stereocenters. The molecule has 0 spiro atoms. The fraction of sp³-hybridized carbons (Fsp3) is 0.600. The predicted molar refractivity (Wildman–Crippen MR) is 54.9 cm³/mol. The topological polar surface area (TPSA) is 37.8 Å². The van der Waals surface area contributed by atoms with E-state index in [1.54, 1.807) is 0 Å². The van der Waals surface area contributed by atoms with Gasteiger partial charge in [0.1, 0.15) is 5.82 Å². The summed E-state index contributed by atoms with van der Waals surface area (Å²) in [6, 6.07) is 4.01. The molecule has 0 aliphatic heterocycles. The highest BCUT2D eigenvalue weighted by atomic mass is 15.2. The predicted octanol–water partition coefficient (Wildman–Crippen LogP) is 2.42. The zero-order valence-electron chi connectivity index (χ0n) is 8.54. The zero-order chi connectivity index (χ0) is 9.68. The lowest BCUT2D eigenvalue weighted by molar-refractivity contribution is 0.784. The van der Waals surface area contributed by atoms with Crippen molar-refractivity contribution in [3.63, 3.8) is 0 Å². The molecule has 1 heterocycles. The van der Waals surface area contributed by atoms with Crippen LogP contribution in [-0.2, 0) is 0 Å². The first-order valence-electron chi connectivity index (χ1n) is 4.81. The standard InChI is InChI=1S/C10H17N3/c1-4-7-11-10-6-5-9(8(2)3)12-13-10/h5-6,8H,4,7H2,1-3H3,(H,11,13). The smallest absolute Gasteiger partial charge is 0.148 e. The molecule has 1 rings (SSSR count). The van der Waals surface area contributed by atoms with Gasteiger partial charge in [-0.3, -0.25) is 0 Å². The van der Waals surface area contributed by atoms with Gasteiger partial charge in [0.15, 0.2) is 0 Å². The van der Waals surface area contributed by atoms with Crippen LogP contribution in [0.1, 0.15) is 38.8 Å². The van der Waals surface area contributed by atoms with Gasteiger partial charge in [-0.1, -0.05) is 20.8 Å². The molecular formula is C10H17N3. The molecule has 0 bridgehead atoms. The van der Waals surface area contributed by atoms with Crippen LogP contribution in [-0.4, -0.2) is 16.7 Å². The minimum atomic E-state index is 0.452. The molecule has 0 aromatic carbocycles. The van der Waals surface area contributed by atoms with Crippen LogP contribution in [0.5, 0.6) is 0 Å². The van der Waals surface area contributed by atoms with E-state index < -0.39 is 0 Å². The Morgan fingerprint density at radius 2 is 2.08 bits per heavy atom. The Kier molecular flexibility index (Phi) is 3.68. The average molecular weight is 179 g/mol. The average Bonchev–Trinajstić information content (AvgIpc) is 2.15. The van der Waals surface area contributed by atoms with Gasteiger partial charge in [-0.15, -0.1) is 5.10 Å². The van der Waals surface area contributed by atoms with Gasteiger partial charge in [0, 0.05) is 6.54 Å². The minimum absolute atomic E-state index is 0.452. The van der Waals surface area contributed by atoms with Gasteiger partial charge < -0.3 is 5.32 Å². The molecule has 0 atom stereocenters. The van der Waals surface area contributed by atoms with Gasteiger partial charge >= 0.3 is 0 Å². The summed E-state index contributed by atoms with van der Waals surface area (Å²) in [5, 5.41) is 11.4. The molecular weight excluding hydrogens is 162 g/mol. The number of anilines is 1. The van der Waals surface area contributed by atoms with Crippen molar-refractivity contribution in [1.29, 1.82) is 0 Å². The third kappa shape index (κ3) is 3.01.